The van der Waals surface area contributed by atoms with E-state index < -0.39 is 5.41 Å². The van der Waals surface area contributed by atoms with Crippen molar-refractivity contribution < 1.29 is 21.8 Å². The van der Waals surface area contributed by atoms with Crippen LogP contribution in [0.2, 0.25) is 0 Å². The maximum Gasteiger partial charge on any atom is 0.237 e. The number of nitrogens with zero attached hydrogens (tertiary/aromatic N) is 1. The highest BCUT2D eigenvalue weighted by Gasteiger charge is 2.29. The number of carbonyl (C=O) groups is 1. The predicted molar refractivity (Wildman–Crippen MR) is 49.9 cm³/mol. The summed E-state index contributed by atoms with van der Waals surface area (Å²) in [5.41, 5.74) is -0.508. The second-order valence-corrected chi connectivity index (χ2v) is 4.21. The lowest BCUT2D eigenvalue weighted by atomic mass is 9.97. The molecule has 0 aromatic rings. The summed E-state index contributed by atoms with van der Waals surface area (Å²) in [6.07, 6.45) is 4.40. The van der Waals surface area contributed by atoms with E-state index >= 15 is 0 Å². The molecule has 0 aromatic carbocycles. The maximum atomic E-state index is 11.0. The monoisotopic (exact) mass is 223 g/mol. The van der Waals surface area contributed by atoms with E-state index in [1.165, 1.54) is 12.8 Å². The fraction of sp³-hybridized carbons (Fsp3) is 0.778. The zero-order chi connectivity index (χ0) is 9.19. The van der Waals surface area contributed by atoms with E-state index in [-0.39, 0.29) is 17.6 Å². The minimum atomic E-state index is -0.508. The van der Waals surface area contributed by atoms with Gasteiger partial charge >= 0.3 is 0 Å². The molecule has 0 saturated carbocycles. The fourth-order valence-electron chi connectivity index (χ4n) is 1.38. The second kappa shape index (κ2) is 4.97. The Bertz CT molecular complexity index is 216. The van der Waals surface area contributed by atoms with Crippen LogP contribution in [0, 0.1) is 5.41 Å². The van der Waals surface area contributed by atoms with Gasteiger partial charge in [-0.15, -0.1) is 0 Å². The third-order valence-electron chi connectivity index (χ3n) is 2.15. The predicted octanol–water partition coefficient (Wildman–Crippen LogP) is -1.34. The number of hydrogen-bond acceptors (Lipinski definition) is 1. The standard InChI is InChI=1S/C9H15ClNO.ClH/c1-9(2,8(10)12)7-11-5-3-4-6-11;/h7H,3-6H2,1-2H3;1H/q+1;/p-1. The minimum absolute atomic E-state index is 0. The summed E-state index contributed by atoms with van der Waals surface area (Å²) in [4.78, 5) is 11.0. The molecule has 76 valence electrons. The van der Waals surface area contributed by atoms with E-state index in [1.54, 1.807) is 0 Å². The lowest BCUT2D eigenvalue weighted by Crippen LogP contribution is -3.00. The van der Waals surface area contributed by atoms with Gasteiger partial charge in [0.15, 0.2) is 6.21 Å². The molecule has 0 atom stereocenters. The van der Waals surface area contributed by atoms with Crippen molar-refractivity contribution in [1.29, 1.82) is 0 Å². The number of carbonyl (C=O) groups excluding carboxylic acids is 1. The van der Waals surface area contributed by atoms with Crippen molar-refractivity contribution in [2.24, 2.45) is 5.41 Å². The average molecular weight is 224 g/mol. The van der Waals surface area contributed by atoms with Gasteiger partial charge in [0.25, 0.3) is 0 Å². The van der Waals surface area contributed by atoms with Crippen LogP contribution in [0.5, 0.6) is 0 Å². The molecule has 0 N–H and O–H groups in total. The van der Waals surface area contributed by atoms with Crippen molar-refractivity contribution in [2.45, 2.75) is 26.7 Å². The molecule has 0 aromatic heterocycles. The molecule has 0 aliphatic carbocycles. The zero-order valence-electron chi connectivity index (χ0n) is 8.02. The third-order valence-corrected chi connectivity index (χ3v) is 2.64. The van der Waals surface area contributed by atoms with Crippen LogP contribution in [0.1, 0.15) is 26.7 Å². The molecule has 1 aliphatic heterocycles. The molecular formula is C9H15Cl2NO. The highest BCUT2D eigenvalue weighted by molar-refractivity contribution is 6.65. The van der Waals surface area contributed by atoms with Crippen LogP contribution < -0.4 is 12.4 Å². The average Bonchev–Trinajstić information content (AvgIpc) is 2.38. The molecule has 0 radical (unpaired) electrons. The van der Waals surface area contributed by atoms with Crippen LogP contribution in [-0.4, -0.2) is 29.1 Å². The molecule has 1 aliphatic rings. The van der Waals surface area contributed by atoms with Gasteiger partial charge in [-0.3, -0.25) is 4.79 Å². The van der Waals surface area contributed by atoms with Crippen molar-refractivity contribution >= 4 is 23.1 Å². The van der Waals surface area contributed by atoms with Gasteiger partial charge in [-0.05, 0) is 25.4 Å². The van der Waals surface area contributed by atoms with Crippen molar-refractivity contribution in [1.82, 2.24) is 0 Å². The molecule has 13 heavy (non-hydrogen) atoms. The van der Waals surface area contributed by atoms with Crippen LogP contribution in [0.3, 0.4) is 0 Å². The van der Waals surface area contributed by atoms with E-state index in [0.29, 0.717) is 0 Å². The Kier molecular flexibility index (Phi) is 4.93. The molecule has 4 heteroatoms. The Morgan fingerprint density at radius 2 is 1.85 bits per heavy atom. The Hall–Kier alpha value is -0.0800. The normalized spacial score (nSPS) is 16.7. The number of hydrogen-bond donors (Lipinski definition) is 0. The quantitative estimate of drug-likeness (QED) is 0.420. The van der Waals surface area contributed by atoms with Gasteiger partial charge in [0.05, 0.1) is 0 Å². The lowest BCUT2D eigenvalue weighted by Gasteiger charge is -2.10. The Morgan fingerprint density at radius 3 is 2.23 bits per heavy atom. The maximum absolute atomic E-state index is 11.0. The van der Waals surface area contributed by atoms with E-state index in [2.05, 4.69) is 4.58 Å². The molecule has 1 fully saturated rings. The van der Waals surface area contributed by atoms with Crippen LogP contribution >= 0.6 is 11.6 Å². The summed E-state index contributed by atoms with van der Waals surface area (Å²) >= 11 is 5.45. The zero-order valence-corrected chi connectivity index (χ0v) is 9.53. The molecule has 2 nitrogen and oxygen atoms in total. The fourth-order valence-corrected chi connectivity index (χ4v) is 1.43. The summed E-state index contributed by atoms with van der Waals surface area (Å²) in [7, 11) is 0. The smallest absolute Gasteiger partial charge is 0.237 e. The summed E-state index contributed by atoms with van der Waals surface area (Å²) in [6.45, 7) is 5.82. The first-order valence-corrected chi connectivity index (χ1v) is 4.70. The molecule has 0 spiro atoms. The first-order valence-electron chi connectivity index (χ1n) is 4.32. The second-order valence-electron chi connectivity index (χ2n) is 3.87. The van der Waals surface area contributed by atoms with Gasteiger partial charge in [0, 0.05) is 12.8 Å². The van der Waals surface area contributed by atoms with Crippen molar-refractivity contribution in [2.75, 3.05) is 13.1 Å². The van der Waals surface area contributed by atoms with Gasteiger partial charge in [0.1, 0.15) is 18.5 Å². The molecule has 0 amide bonds. The Balaban J connectivity index is 0.00000144. The van der Waals surface area contributed by atoms with Crippen LogP contribution in [0.4, 0.5) is 0 Å². The van der Waals surface area contributed by atoms with E-state index in [9.17, 15) is 4.79 Å². The van der Waals surface area contributed by atoms with Gasteiger partial charge in [0.2, 0.25) is 5.24 Å². The summed E-state index contributed by atoms with van der Waals surface area (Å²) < 4.78 is 2.18. The Morgan fingerprint density at radius 1 is 1.38 bits per heavy atom. The van der Waals surface area contributed by atoms with E-state index in [1.807, 2.05) is 20.1 Å². The van der Waals surface area contributed by atoms with E-state index in [4.69, 9.17) is 11.6 Å². The Labute approximate surface area is 90.4 Å². The van der Waals surface area contributed by atoms with Crippen LogP contribution in [-0.2, 0) is 4.79 Å². The van der Waals surface area contributed by atoms with Gasteiger partial charge in [-0.25, -0.2) is 4.58 Å². The molecule has 0 bridgehead atoms. The first kappa shape index (κ1) is 12.9. The van der Waals surface area contributed by atoms with Crippen molar-refractivity contribution in [3.05, 3.63) is 0 Å². The van der Waals surface area contributed by atoms with Gasteiger partial charge in [-0.2, -0.15) is 0 Å². The summed E-state index contributed by atoms with van der Waals surface area (Å²) in [6, 6.07) is 0. The number of halogens is 2. The third kappa shape index (κ3) is 3.65. The highest BCUT2D eigenvalue weighted by atomic mass is 35.5. The first-order chi connectivity index (χ1) is 5.52. The van der Waals surface area contributed by atoms with Crippen LogP contribution in [0.15, 0.2) is 0 Å². The lowest BCUT2D eigenvalue weighted by molar-refractivity contribution is -0.504. The highest BCUT2D eigenvalue weighted by Crippen LogP contribution is 2.16. The van der Waals surface area contributed by atoms with Crippen molar-refractivity contribution in [3.63, 3.8) is 0 Å². The minimum Gasteiger partial charge on any atom is -1.00 e. The van der Waals surface area contributed by atoms with Gasteiger partial charge in [-0.1, -0.05) is 0 Å². The molecule has 0 unspecified atom stereocenters. The van der Waals surface area contributed by atoms with Gasteiger partial charge < -0.3 is 12.4 Å². The molecular weight excluding hydrogens is 209 g/mol. The molecule has 1 rings (SSSR count). The summed E-state index contributed by atoms with van der Waals surface area (Å²) in [5, 5.41) is -0.283. The summed E-state index contributed by atoms with van der Waals surface area (Å²) in [5.74, 6) is 0. The SMILES string of the molecule is CC(C)(C=[N+]1CCCC1)C(=O)Cl.[Cl-]. The topological polar surface area (TPSA) is 20.1 Å². The van der Waals surface area contributed by atoms with Crippen molar-refractivity contribution in [3.8, 4) is 0 Å². The number of rotatable bonds is 2. The molecule has 1 saturated heterocycles. The van der Waals surface area contributed by atoms with Crippen LogP contribution in [0.25, 0.3) is 0 Å². The largest absolute Gasteiger partial charge is 1.00 e. The molecule has 1 heterocycles. The van der Waals surface area contributed by atoms with E-state index in [0.717, 1.165) is 13.1 Å².